The summed E-state index contributed by atoms with van der Waals surface area (Å²) in [4.78, 5) is 48.3. The van der Waals surface area contributed by atoms with E-state index in [2.05, 4.69) is 154 Å². The summed E-state index contributed by atoms with van der Waals surface area (Å²) < 4.78 is 39.2. The van der Waals surface area contributed by atoms with Crippen LogP contribution in [0.4, 0.5) is 0 Å². The van der Waals surface area contributed by atoms with Gasteiger partial charge in [0.25, 0.3) is 0 Å². The van der Waals surface area contributed by atoms with Gasteiger partial charge in [0, 0.05) is 12.8 Å². The van der Waals surface area contributed by atoms with Crippen LogP contribution in [0.5, 0.6) is 0 Å². The molecule has 0 aliphatic heterocycles. The van der Waals surface area contributed by atoms with E-state index in [9.17, 15) is 28.9 Å². The fourth-order valence-electron chi connectivity index (χ4n) is 6.06. The number of ether oxygens (including phenoxy) is 3. The van der Waals surface area contributed by atoms with Crippen LogP contribution in [0.2, 0.25) is 0 Å². The van der Waals surface area contributed by atoms with Crippen molar-refractivity contribution in [3.63, 3.8) is 0 Å². The van der Waals surface area contributed by atoms with Crippen LogP contribution in [0, 0.1) is 0 Å². The van der Waals surface area contributed by atoms with E-state index < -0.39 is 64.4 Å². The predicted molar refractivity (Wildman–Crippen MR) is 297 cm³/mol. The summed E-state index contributed by atoms with van der Waals surface area (Å²) in [7, 11) is -4.80. The zero-order chi connectivity index (χ0) is 52.7. The average Bonchev–Trinajstić information content (AvgIpc) is 3.37. The first kappa shape index (κ1) is 67.1. The summed E-state index contributed by atoms with van der Waals surface area (Å²) in [6.07, 6.45) is 68.2. The van der Waals surface area contributed by atoms with Gasteiger partial charge < -0.3 is 24.2 Å². The van der Waals surface area contributed by atoms with E-state index >= 15 is 0 Å². The van der Waals surface area contributed by atoms with Gasteiger partial charge in [-0.15, -0.1) is 0 Å². The number of aliphatic hydroxyl groups excluding tert-OH is 1. The average molecular weight is 1020 g/mol. The molecule has 3 unspecified atom stereocenters. The number of allylic oxidation sites excluding steroid dienone is 25. The third kappa shape index (κ3) is 50.1. The van der Waals surface area contributed by atoms with Gasteiger partial charge in [0.15, 0.2) is 6.10 Å². The number of carbonyl (C=O) groups excluding carboxylic acids is 3. The van der Waals surface area contributed by atoms with Crippen molar-refractivity contribution in [3.8, 4) is 0 Å². The Labute approximate surface area is 434 Å². The minimum absolute atomic E-state index is 0.0273. The largest absolute Gasteiger partial charge is 0.472 e. The summed E-state index contributed by atoms with van der Waals surface area (Å²) in [6.45, 7) is 4.04. The van der Waals surface area contributed by atoms with Crippen molar-refractivity contribution in [2.75, 3.05) is 26.4 Å². The van der Waals surface area contributed by atoms with Crippen molar-refractivity contribution in [2.45, 2.75) is 174 Å². The Hall–Kier alpha value is -4.90. The van der Waals surface area contributed by atoms with Crippen LogP contribution in [0.1, 0.15) is 162 Å². The summed E-state index contributed by atoms with van der Waals surface area (Å²) in [5, 5.41) is 9.78. The van der Waals surface area contributed by atoms with E-state index in [4.69, 9.17) is 23.3 Å². The number of esters is 3. The summed E-state index contributed by atoms with van der Waals surface area (Å²) in [6, 6.07) is 0. The molecule has 0 spiro atoms. The molecule has 0 saturated heterocycles. The second-order valence-corrected chi connectivity index (χ2v) is 18.0. The van der Waals surface area contributed by atoms with Crippen molar-refractivity contribution in [1.82, 2.24) is 0 Å². The third-order valence-corrected chi connectivity index (χ3v) is 10.9. The zero-order valence-corrected chi connectivity index (χ0v) is 45.0. The smallest absolute Gasteiger partial charge is 0.461 e. The van der Waals surface area contributed by atoms with Gasteiger partial charge in [-0.1, -0.05) is 179 Å². The Bertz CT molecular complexity index is 1810. The van der Waals surface area contributed by atoms with Crippen LogP contribution in [-0.4, -0.2) is 66.5 Å². The molecule has 0 aliphatic rings. The summed E-state index contributed by atoms with van der Waals surface area (Å²) in [5.74, 6) is -1.74. The number of aliphatic hydroxyl groups is 1. The highest BCUT2D eigenvalue weighted by atomic mass is 31.2. The number of phosphoric acid groups is 1. The fourth-order valence-corrected chi connectivity index (χ4v) is 6.84. The first-order chi connectivity index (χ1) is 35.2. The standard InChI is InChI=1S/C60H91O11P/c1-4-7-10-13-16-19-22-25-28-31-34-37-40-43-46-49-58(62)67-53-57(71-60(64)51-48-45-42-39-36-33-30-27-24-21-18-15-12-9-6-3)55-69-72(65,66)68-54-56(52-61)70-59(63)50-47-44-41-38-35-32-29-26-23-20-17-14-11-8-5-2/h7-12,16-21,25-30,34-39,43,46,56-57,61H,4-6,13-15,22-24,31-33,40-42,44-45,47-55H2,1-3H3,(H,65,66)/b10-7-,11-8-,12-9-,19-16-,20-17-,21-18-,28-25-,29-26-,30-27-,37-34-,38-35-,39-36-,46-43-. The molecule has 3 atom stereocenters. The SMILES string of the molecule is CC/C=C\C/C=C\C/C=C\C/C=C\C/C=C\CC(=O)OCC(COP(=O)(O)OCC(CO)OC(=O)CCCC/C=C\C/C=C\C/C=C\C/C=C\CC)OC(=O)CCCC/C=C\C/C=C\C/C=C\C/C=C\CC. The highest BCUT2D eigenvalue weighted by Crippen LogP contribution is 2.43. The zero-order valence-electron chi connectivity index (χ0n) is 44.1. The van der Waals surface area contributed by atoms with Gasteiger partial charge in [0.2, 0.25) is 0 Å². The molecular weight excluding hydrogens is 928 g/mol. The molecule has 0 radical (unpaired) electrons. The maximum Gasteiger partial charge on any atom is 0.472 e. The monoisotopic (exact) mass is 1020 g/mol. The van der Waals surface area contributed by atoms with Crippen LogP contribution < -0.4 is 0 Å². The first-order valence-corrected chi connectivity index (χ1v) is 27.9. The number of hydrogen-bond donors (Lipinski definition) is 2. The Morgan fingerprint density at radius 3 is 1.06 bits per heavy atom. The van der Waals surface area contributed by atoms with Crippen molar-refractivity contribution in [3.05, 3.63) is 158 Å². The van der Waals surface area contributed by atoms with Crippen LogP contribution >= 0.6 is 7.82 Å². The van der Waals surface area contributed by atoms with Crippen LogP contribution in [-0.2, 0) is 42.2 Å². The Kier molecular flexibility index (Phi) is 48.9. The highest BCUT2D eigenvalue weighted by Gasteiger charge is 2.28. The lowest BCUT2D eigenvalue weighted by Crippen LogP contribution is -2.30. The van der Waals surface area contributed by atoms with Gasteiger partial charge >= 0.3 is 25.7 Å². The molecule has 0 saturated carbocycles. The van der Waals surface area contributed by atoms with Crippen molar-refractivity contribution < 1.29 is 52.2 Å². The van der Waals surface area contributed by atoms with Gasteiger partial charge in [0.1, 0.15) is 12.7 Å². The van der Waals surface area contributed by atoms with E-state index in [1.807, 2.05) is 18.2 Å². The Balaban J connectivity index is 4.98. The van der Waals surface area contributed by atoms with E-state index in [1.165, 1.54) is 0 Å². The quantitative estimate of drug-likeness (QED) is 0.0197. The maximum absolute atomic E-state index is 12.9. The van der Waals surface area contributed by atoms with Crippen molar-refractivity contribution in [2.24, 2.45) is 0 Å². The normalized spacial score (nSPS) is 14.7. The maximum atomic E-state index is 12.9. The molecule has 11 nitrogen and oxygen atoms in total. The number of hydrogen-bond acceptors (Lipinski definition) is 10. The predicted octanol–water partition coefficient (Wildman–Crippen LogP) is 15.4. The van der Waals surface area contributed by atoms with Gasteiger partial charge in [0.05, 0.1) is 26.2 Å². The number of carbonyl (C=O) groups is 3. The van der Waals surface area contributed by atoms with E-state index in [0.29, 0.717) is 19.3 Å². The molecular formula is C60H91O11P. The second kappa shape index (κ2) is 52.4. The topological polar surface area (TPSA) is 155 Å². The van der Waals surface area contributed by atoms with Crippen LogP contribution in [0.25, 0.3) is 0 Å². The molecule has 0 fully saturated rings. The number of phosphoric ester groups is 1. The molecule has 72 heavy (non-hydrogen) atoms. The fraction of sp³-hybridized carbons (Fsp3) is 0.517. The molecule has 0 rings (SSSR count). The number of unbranched alkanes of at least 4 members (excludes halogenated alkanes) is 4. The number of rotatable bonds is 46. The molecule has 0 bridgehead atoms. The van der Waals surface area contributed by atoms with E-state index in [1.54, 1.807) is 6.08 Å². The van der Waals surface area contributed by atoms with Crippen LogP contribution in [0.3, 0.4) is 0 Å². The van der Waals surface area contributed by atoms with E-state index in [0.717, 1.165) is 103 Å². The molecule has 0 amide bonds. The molecule has 2 N–H and O–H groups in total. The van der Waals surface area contributed by atoms with Gasteiger partial charge in [-0.25, -0.2) is 4.57 Å². The second-order valence-electron chi connectivity index (χ2n) is 16.6. The van der Waals surface area contributed by atoms with Crippen molar-refractivity contribution in [1.29, 1.82) is 0 Å². The third-order valence-electron chi connectivity index (χ3n) is 9.96. The lowest BCUT2D eigenvalue weighted by molar-refractivity contribution is -0.161. The highest BCUT2D eigenvalue weighted by molar-refractivity contribution is 7.47. The molecule has 0 aliphatic carbocycles. The summed E-state index contributed by atoms with van der Waals surface area (Å²) in [5.41, 5.74) is 0. The minimum Gasteiger partial charge on any atom is -0.461 e. The van der Waals surface area contributed by atoms with Crippen molar-refractivity contribution >= 4 is 25.7 Å². The lowest BCUT2D eigenvalue weighted by atomic mass is 10.2. The molecule has 12 heteroatoms. The molecule has 0 aromatic rings. The minimum atomic E-state index is -4.80. The van der Waals surface area contributed by atoms with Gasteiger partial charge in [-0.2, -0.15) is 0 Å². The lowest BCUT2D eigenvalue weighted by Gasteiger charge is -2.21. The Morgan fingerprint density at radius 1 is 0.403 bits per heavy atom. The molecule has 402 valence electrons. The Morgan fingerprint density at radius 2 is 0.708 bits per heavy atom. The first-order valence-electron chi connectivity index (χ1n) is 26.4. The van der Waals surface area contributed by atoms with E-state index in [-0.39, 0.29) is 19.3 Å². The van der Waals surface area contributed by atoms with Gasteiger partial charge in [-0.05, 0) is 122 Å². The molecule has 0 aromatic heterocycles. The van der Waals surface area contributed by atoms with Gasteiger partial charge in [-0.3, -0.25) is 23.4 Å². The van der Waals surface area contributed by atoms with Crippen LogP contribution in [0.15, 0.2) is 158 Å². The molecule has 0 aromatic carbocycles. The molecule has 0 heterocycles. The summed E-state index contributed by atoms with van der Waals surface area (Å²) >= 11 is 0.